The maximum Gasteiger partial charge on any atom is 0.333 e. The first kappa shape index (κ1) is 33.8. The maximum absolute atomic E-state index is 2.72. The molecular weight excluding hydrogens is 699 g/mol. The third-order valence-electron chi connectivity index (χ3n) is 13.5. The van der Waals surface area contributed by atoms with E-state index >= 15 is 0 Å². The SMILES string of the molecule is Cc1c2c(cc3cc4ccccc4cc13)B1c3c(cc4ccccc4c3-c3cc4ccccc4c4c5ccccc5n1c34)N2c1cc(C(C)(C)C)cc(C(C)(C)C)c1. The van der Waals surface area contributed by atoms with Crippen LogP contribution in [0.15, 0.2) is 146 Å². The number of hydrogen-bond donors (Lipinski definition) is 0. The predicted octanol–water partition coefficient (Wildman–Crippen LogP) is 13.7. The van der Waals surface area contributed by atoms with E-state index in [0.717, 1.165) is 0 Å². The van der Waals surface area contributed by atoms with Crippen LogP contribution in [0.1, 0.15) is 58.2 Å². The second-order valence-electron chi connectivity index (χ2n) is 19.0. The minimum Gasteiger partial charge on any atom is -0.375 e. The Morgan fingerprint density at radius 3 is 1.78 bits per heavy atom. The van der Waals surface area contributed by atoms with Gasteiger partial charge in [-0.15, -0.1) is 0 Å². The fourth-order valence-corrected chi connectivity index (χ4v) is 10.6. The monoisotopic (exact) mass is 744 g/mol. The van der Waals surface area contributed by atoms with Gasteiger partial charge in [0.2, 0.25) is 0 Å². The quantitative estimate of drug-likeness (QED) is 0.120. The van der Waals surface area contributed by atoms with Crippen molar-refractivity contribution in [2.45, 2.75) is 59.3 Å². The van der Waals surface area contributed by atoms with Gasteiger partial charge in [-0.3, -0.25) is 0 Å². The Bertz CT molecular complexity index is 3410. The van der Waals surface area contributed by atoms with Crippen molar-refractivity contribution in [2.24, 2.45) is 0 Å². The fourth-order valence-electron chi connectivity index (χ4n) is 10.6. The summed E-state index contributed by atoms with van der Waals surface area (Å²) in [7, 11) is 0. The second kappa shape index (κ2) is 11.4. The summed E-state index contributed by atoms with van der Waals surface area (Å²) in [4.78, 5) is 2.67. The number of para-hydroxylation sites is 1. The molecule has 12 rings (SSSR count). The number of hydrogen-bond acceptors (Lipinski definition) is 1. The molecule has 1 aromatic heterocycles. The lowest BCUT2D eigenvalue weighted by Crippen LogP contribution is -2.57. The molecule has 0 spiro atoms. The average Bonchev–Trinajstić information content (AvgIpc) is 3.56. The van der Waals surface area contributed by atoms with Gasteiger partial charge >= 0.3 is 6.85 Å². The van der Waals surface area contributed by atoms with E-state index in [0.29, 0.717) is 0 Å². The first-order chi connectivity index (χ1) is 28.0. The highest BCUT2D eigenvalue weighted by atomic mass is 15.2. The lowest BCUT2D eigenvalue weighted by molar-refractivity contribution is 0.569. The van der Waals surface area contributed by atoms with Crippen LogP contribution in [0.5, 0.6) is 0 Å². The zero-order chi connectivity index (χ0) is 39.4. The summed E-state index contributed by atoms with van der Waals surface area (Å²) in [6.45, 7) is 16.4. The van der Waals surface area contributed by atoms with Gasteiger partial charge in [0, 0.05) is 44.4 Å². The van der Waals surface area contributed by atoms with E-state index in [9.17, 15) is 0 Å². The first-order valence-electron chi connectivity index (χ1n) is 20.9. The van der Waals surface area contributed by atoms with Crippen LogP contribution in [0.4, 0.5) is 17.1 Å². The molecule has 2 aliphatic rings. The van der Waals surface area contributed by atoms with Gasteiger partial charge in [0.05, 0.1) is 0 Å². The third-order valence-corrected chi connectivity index (χ3v) is 13.5. The van der Waals surface area contributed by atoms with Gasteiger partial charge in [-0.05, 0) is 136 Å². The highest BCUT2D eigenvalue weighted by Crippen LogP contribution is 2.51. The van der Waals surface area contributed by atoms with Crippen LogP contribution in [-0.2, 0) is 10.8 Å². The Morgan fingerprint density at radius 2 is 1.09 bits per heavy atom. The van der Waals surface area contributed by atoms with Crippen molar-refractivity contribution in [3.05, 3.63) is 162 Å². The van der Waals surface area contributed by atoms with Crippen LogP contribution >= 0.6 is 0 Å². The molecule has 0 bridgehead atoms. The summed E-state index contributed by atoms with van der Waals surface area (Å²) in [5, 5.41) is 13.0. The molecule has 3 heterocycles. The molecule has 9 aromatic carbocycles. The zero-order valence-electron chi connectivity index (χ0n) is 34.3. The number of fused-ring (bicyclic) bond motifs is 13. The minimum atomic E-state index is -0.0422. The highest BCUT2D eigenvalue weighted by Gasteiger charge is 2.45. The van der Waals surface area contributed by atoms with Gasteiger partial charge < -0.3 is 9.38 Å². The molecule has 10 aromatic rings. The normalized spacial score (nSPS) is 13.7. The Hall–Kier alpha value is -6.32. The van der Waals surface area contributed by atoms with Crippen LogP contribution < -0.4 is 15.8 Å². The lowest BCUT2D eigenvalue weighted by Gasteiger charge is -2.43. The molecule has 0 atom stereocenters. The molecule has 0 radical (unpaired) electrons. The van der Waals surface area contributed by atoms with Gasteiger partial charge in [-0.25, -0.2) is 0 Å². The van der Waals surface area contributed by atoms with E-state index in [1.54, 1.807) is 0 Å². The van der Waals surface area contributed by atoms with Gasteiger partial charge in [0.15, 0.2) is 0 Å². The average molecular weight is 745 g/mol. The molecule has 0 N–H and O–H groups in total. The fraction of sp³-hybridized carbons (Fsp3) is 0.164. The molecule has 0 aliphatic carbocycles. The number of aromatic nitrogens is 1. The van der Waals surface area contributed by atoms with Crippen LogP contribution in [0, 0.1) is 6.92 Å². The lowest BCUT2D eigenvalue weighted by atomic mass is 9.44. The molecule has 58 heavy (non-hydrogen) atoms. The highest BCUT2D eigenvalue weighted by molar-refractivity contribution is 6.90. The van der Waals surface area contributed by atoms with Gasteiger partial charge in [-0.2, -0.15) is 0 Å². The number of nitrogens with zero attached hydrogens (tertiary/aromatic N) is 2. The molecule has 2 nitrogen and oxygen atoms in total. The number of anilines is 3. The third kappa shape index (κ3) is 4.50. The summed E-state index contributed by atoms with van der Waals surface area (Å²) in [5.74, 6) is 0. The molecule has 2 aliphatic heterocycles. The Morgan fingerprint density at radius 1 is 0.500 bits per heavy atom. The van der Waals surface area contributed by atoms with Gasteiger partial charge in [-0.1, -0.05) is 145 Å². The summed E-state index contributed by atoms with van der Waals surface area (Å²) in [5.41, 5.74) is 15.8. The van der Waals surface area contributed by atoms with E-state index in [1.807, 2.05) is 0 Å². The van der Waals surface area contributed by atoms with E-state index < -0.39 is 0 Å². The van der Waals surface area contributed by atoms with Gasteiger partial charge in [0.25, 0.3) is 0 Å². The van der Waals surface area contributed by atoms with Crippen molar-refractivity contribution in [1.82, 2.24) is 4.48 Å². The molecule has 3 heteroatoms. The van der Waals surface area contributed by atoms with Crippen molar-refractivity contribution in [1.29, 1.82) is 0 Å². The topological polar surface area (TPSA) is 8.17 Å². The van der Waals surface area contributed by atoms with Crippen molar-refractivity contribution in [3.8, 4) is 11.1 Å². The molecule has 0 fully saturated rings. The predicted molar refractivity (Wildman–Crippen MR) is 252 cm³/mol. The maximum atomic E-state index is 2.72. The minimum absolute atomic E-state index is 0.0347. The number of benzene rings is 9. The number of rotatable bonds is 1. The molecule has 0 saturated carbocycles. The molecule has 278 valence electrons. The summed E-state index contributed by atoms with van der Waals surface area (Å²) in [6, 6.07) is 55.9. The number of aryl methyl sites for hydroxylation is 1. The largest absolute Gasteiger partial charge is 0.375 e. The van der Waals surface area contributed by atoms with Crippen molar-refractivity contribution >= 4 is 99.7 Å². The van der Waals surface area contributed by atoms with Crippen molar-refractivity contribution in [3.63, 3.8) is 0 Å². The summed E-state index contributed by atoms with van der Waals surface area (Å²) >= 11 is 0. The first-order valence-corrected chi connectivity index (χ1v) is 20.9. The van der Waals surface area contributed by atoms with Crippen LogP contribution in [0.2, 0.25) is 0 Å². The Labute approximate surface area is 340 Å². The molecular formula is C55H45BN2. The second-order valence-corrected chi connectivity index (χ2v) is 19.0. The van der Waals surface area contributed by atoms with E-state index in [2.05, 4.69) is 203 Å². The molecule has 0 saturated heterocycles. The Balaban J connectivity index is 1.33. The molecule has 0 amide bonds. The van der Waals surface area contributed by atoms with E-state index in [-0.39, 0.29) is 17.7 Å². The zero-order valence-corrected chi connectivity index (χ0v) is 34.3. The smallest absolute Gasteiger partial charge is 0.333 e. The molecule has 0 unspecified atom stereocenters. The standard InChI is InChI=1S/C55H45BN2/c1-32-44-25-34-17-9-8-16-33(34)24-37(44)27-46-52(32)57(40-30-38(54(2,3)4)29-39(31-40)55(5,6)7)48-28-36-19-11-12-20-41(36)49-45-26-35-18-10-13-21-42(35)50-43-22-14-15-23-47(43)58(53(45)50)56(46)51(48)49/h8-31H,1-7H3. The van der Waals surface area contributed by atoms with Gasteiger partial charge in [0.1, 0.15) is 0 Å². The summed E-state index contributed by atoms with van der Waals surface area (Å²) < 4.78 is 2.72. The Kier molecular flexibility index (Phi) is 6.65. The van der Waals surface area contributed by atoms with E-state index in [4.69, 9.17) is 0 Å². The van der Waals surface area contributed by atoms with Crippen LogP contribution in [-0.4, -0.2) is 11.3 Å². The van der Waals surface area contributed by atoms with Crippen LogP contribution in [0.25, 0.3) is 76.0 Å². The van der Waals surface area contributed by atoms with E-state index in [1.165, 1.54) is 121 Å². The van der Waals surface area contributed by atoms with Crippen LogP contribution in [0.3, 0.4) is 0 Å². The van der Waals surface area contributed by atoms with Crippen molar-refractivity contribution < 1.29 is 0 Å². The summed E-state index contributed by atoms with van der Waals surface area (Å²) in [6.07, 6.45) is 0. The van der Waals surface area contributed by atoms with Crippen molar-refractivity contribution in [2.75, 3.05) is 4.90 Å².